The fourth-order valence-corrected chi connectivity index (χ4v) is 1.21. The Bertz CT molecular complexity index is 316. The highest BCUT2D eigenvalue weighted by atomic mass is 16.4. The van der Waals surface area contributed by atoms with Crippen molar-refractivity contribution < 1.29 is 9.90 Å². The molecule has 0 radical (unpaired) electrons. The summed E-state index contributed by atoms with van der Waals surface area (Å²) in [5.41, 5.74) is 3.06. The van der Waals surface area contributed by atoms with E-state index in [0.29, 0.717) is 12.0 Å². The van der Waals surface area contributed by atoms with E-state index in [9.17, 15) is 4.79 Å². The summed E-state index contributed by atoms with van der Waals surface area (Å²) < 4.78 is 0. The van der Waals surface area contributed by atoms with Crippen molar-refractivity contribution in [2.24, 2.45) is 0 Å². The summed E-state index contributed by atoms with van der Waals surface area (Å²) in [5.74, 6) is -0.837. The third-order valence-electron chi connectivity index (χ3n) is 2.32. The molecule has 2 heteroatoms. The van der Waals surface area contributed by atoms with E-state index in [0.717, 1.165) is 12.8 Å². The molecule has 0 bridgehead atoms. The highest BCUT2D eigenvalue weighted by molar-refractivity contribution is 5.85. The molecule has 0 unspecified atom stereocenters. The Hall–Kier alpha value is -1.31. The molecule has 0 saturated heterocycles. The number of hydrogen-bond donors (Lipinski definition) is 1. The van der Waals surface area contributed by atoms with E-state index in [-0.39, 0.29) is 0 Å². The van der Waals surface area contributed by atoms with Crippen LogP contribution in [0.5, 0.6) is 0 Å². The second kappa shape index (κ2) is 7.91. The summed E-state index contributed by atoms with van der Waals surface area (Å²) in [6.45, 7) is 7.90. The molecule has 0 spiro atoms. The van der Waals surface area contributed by atoms with Crippen molar-refractivity contribution >= 4 is 5.97 Å². The van der Waals surface area contributed by atoms with Gasteiger partial charge in [-0.1, -0.05) is 29.4 Å². The lowest BCUT2D eigenvalue weighted by Gasteiger charge is -1.98. The van der Waals surface area contributed by atoms with E-state index in [4.69, 9.17) is 5.11 Å². The lowest BCUT2D eigenvalue weighted by molar-refractivity contribution is -0.132. The van der Waals surface area contributed by atoms with Gasteiger partial charge in [-0.2, -0.15) is 0 Å². The van der Waals surface area contributed by atoms with Crippen LogP contribution in [-0.2, 0) is 4.79 Å². The van der Waals surface area contributed by atoms with Gasteiger partial charge in [-0.15, -0.1) is 0 Å². The topological polar surface area (TPSA) is 37.3 Å². The molecule has 2 nitrogen and oxygen atoms in total. The molecule has 16 heavy (non-hydrogen) atoms. The molecule has 0 saturated carbocycles. The molecule has 0 aromatic carbocycles. The maximum atomic E-state index is 10.5. The molecule has 0 aliphatic rings. The lowest BCUT2D eigenvalue weighted by atomic mass is 10.1. The summed E-state index contributed by atoms with van der Waals surface area (Å²) in [4.78, 5) is 10.5. The Morgan fingerprint density at radius 1 is 1.06 bits per heavy atom. The van der Waals surface area contributed by atoms with Crippen molar-refractivity contribution in [3.63, 3.8) is 0 Å². The van der Waals surface area contributed by atoms with Crippen molar-refractivity contribution in [3.8, 4) is 0 Å². The highest BCUT2D eigenvalue weighted by Crippen LogP contribution is 2.08. The van der Waals surface area contributed by atoms with Crippen LogP contribution < -0.4 is 0 Å². The average Bonchev–Trinajstić information content (AvgIpc) is 2.16. The normalized spacial score (nSPS) is 12.5. The van der Waals surface area contributed by atoms with E-state index in [2.05, 4.69) is 32.9 Å². The zero-order valence-electron chi connectivity index (χ0n) is 10.7. The Balaban J connectivity index is 4.01. The molecule has 0 amide bonds. The molecule has 0 aliphatic heterocycles. The predicted molar refractivity (Wildman–Crippen MR) is 68.4 cm³/mol. The fourth-order valence-electron chi connectivity index (χ4n) is 1.21. The van der Waals surface area contributed by atoms with Crippen LogP contribution in [0.25, 0.3) is 0 Å². The van der Waals surface area contributed by atoms with Gasteiger partial charge in [-0.3, -0.25) is 0 Å². The van der Waals surface area contributed by atoms with Gasteiger partial charge in [0, 0.05) is 5.57 Å². The van der Waals surface area contributed by atoms with Crippen molar-refractivity contribution in [2.45, 2.75) is 47.0 Å². The Morgan fingerprint density at radius 3 is 2.19 bits per heavy atom. The fraction of sp³-hybridized carbons (Fsp3) is 0.500. The van der Waals surface area contributed by atoms with Gasteiger partial charge in [-0.05, 0) is 47.0 Å². The van der Waals surface area contributed by atoms with Gasteiger partial charge in [0.1, 0.15) is 0 Å². The number of carboxylic acid groups (broad SMARTS) is 1. The van der Waals surface area contributed by atoms with E-state index < -0.39 is 5.97 Å². The van der Waals surface area contributed by atoms with Gasteiger partial charge in [0.15, 0.2) is 0 Å². The number of carbonyl (C=O) groups is 1. The van der Waals surface area contributed by atoms with Crippen molar-refractivity contribution in [1.82, 2.24) is 0 Å². The quantitative estimate of drug-likeness (QED) is 0.542. The van der Waals surface area contributed by atoms with Crippen LogP contribution >= 0.6 is 0 Å². The van der Waals surface area contributed by atoms with E-state index >= 15 is 0 Å². The minimum absolute atomic E-state index is 0.411. The predicted octanol–water partition coefficient (Wildman–Crippen LogP) is 4.10. The van der Waals surface area contributed by atoms with Crippen molar-refractivity contribution in [2.75, 3.05) is 0 Å². The first-order valence-corrected chi connectivity index (χ1v) is 5.62. The zero-order valence-corrected chi connectivity index (χ0v) is 10.7. The van der Waals surface area contributed by atoms with Crippen LogP contribution in [0.3, 0.4) is 0 Å². The zero-order chi connectivity index (χ0) is 12.6. The first-order valence-electron chi connectivity index (χ1n) is 5.62. The van der Waals surface area contributed by atoms with Crippen LogP contribution in [0.4, 0.5) is 0 Å². The van der Waals surface area contributed by atoms with Crippen LogP contribution in [0.15, 0.2) is 34.9 Å². The van der Waals surface area contributed by atoms with Gasteiger partial charge in [-0.25, -0.2) is 4.79 Å². The standard InChI is InChI=1S/C14H22O2/c1-11(2)7-5-8-12(3)9-6-10-13(4)14(15)16/h7,9-10H,5-6,8H2,1-4H3,(H,15,16)/b12-9?,13-10+. The second-order valence-electron chi connectivity index (χ2n) is 4.30. The van der Waals surface area contributed by atoms with Crippen LogP contribution in [0.2, 0.25) is 0 Å². The summed E-state index contributed by atoms with van der Waals surface area (Å²) >= 11 is 0. The van der Waals surface area contributed by atoms with Gasteiger partial charge in [0.05, 0.1) is 0 Å². The molecule has 0 atom stereocenters. The third kappa shape index (κ3) is 8.04. The molecule has 1 N–H and O–H groups in total. The van der Waals surface area contributed by atoms with Crippen LogP contribution in [0, 0.1) is 0 Å². The van der Waals surface area contributed by atoms with E-state index in [1.807, 2.05) is 0 Å². The Morgan fingerprint density at radius 2 is 1.69 bits per heavy atom. The molecule has 0 heterocycles. The van der Waals surface area contributed by atoms with Gasteiger partial charge in [0.2, 0.25) is 0 Å². The number of aliphatic carboxylic acids is 1. The molecule has 0 aromatic heterocycles. The Kier molecular flexibility index (Phi) is 7.27. The molecule has 90 valence electrons. The van der Waals surface area contributed by atoms with Gasteiger partial charge in [0.25, 0.3) is 0 Å². The molecular formula is C14H22O2. The number of allylic oxidation sites excluding steroid dienone is 5. The summed E-state index contributed by atoms with van der Waals surface area (Å²) in [7, 11) is 0. The summed E-state index contributed by atoms with van der Waals surface area (Å²) in [5, 5.41) is 8.65. The van der Waals surface area contributed by atoms with Crippen LogP contribution in [0.1, 0.15) is 47.0 Å². The summed E-state index contributed by atoms with van der Waals surface area (Å²) in [6, 6.07) is 0. The number of hydrogen-bond acceptors (Lipinski definition) is 1. The largest absolute Gasteiger partial charge is 0.478 e. The minimum Gasteiger partial charge on any atom is -0.478 e. The molecule has 0 fully saturated rings. The highest BCUT2D eigenvalue weighted by Gasteiger charge is 1.96. The Labute approximate surface area is 98.4 Å². The number of rotatable bonds is 6. The van der Waals surface area contributed by atoms with Crippen molar-refractivity contribution in [3.05, 3.63) is 34.9 Å². The molecular weight excluding hydrogens is 200 g/mol. The average molecular weight is 222 g/mol. The van der Waals surface area contributed by atoms with Gasteiger partial charge >= 0.3 is 5.97 Å². The third-order valence-corrected chi connectivity index (χ3v) is 2.32. The SMILES string of the molecule is CC(C)=CCCC(C)=CC/C=C(\C)C(=O)O. The van der Waals surface area contributed by atoms with Crippen molar-refractivity contribution in [1.29, 1.82) is 0 Å². The monoisotopic (exact) mass is 222 g/mol. The number of carboxylic acids is 1. The molecule has 0 rings (SSSR count). The molecule has 0 aromatic rings. The maximum Gasteiger partial charge on any atom is 0.330 e. The second-order valence-corrected chi connectivity index (χ2v) is 4.30. The first kappa shape index (κ1) is 14.7. The summed E-state index contributed by atoms with van der Waals surface area (Å²) in [6.07, 6.45) is 8.86. The van der Waals surface area contributed by atoms with E-state index in [1.54, 1.807) is 13.0 Å². The van der Waals surface area contributed by atoms with E-state index in [1.165, 1.54) is 11.1 Å². The molecule has 0 aliphatic carbocycles. The minimum atomic E-state index is -0.837. The smallest absolute Gasteiger partial charge is 0.330 e. The first-order chi connectivity index (χ1) is 7.43. The maximum absolute atomic E-state index is 10.5. The van der Waals surface area contributed by atoms with Gasteiger partial charge < -0.3 is 5.11 Å². The van der Waals surface area contributed by atoms with Crippen LogP contribution in [-0.4, -0.2) is 11.1 Å². The lowest BCUT2D eigenvalue weighted by Crippen LogP contribution is -1.95.